The third-order valence-electron chi connectivity index (χ3n) is 2.52. The molecule has 1 amide bonds. The van der Waals surface area contributed by atoms with E-state index in [9.17, 15) is 9.18 Å². The minimum atomic E-state index is -0.318. The lowest BCUT2D eigenvalue weighted by Gasteiger charge is -1.95. The van der Waals surface area contributed by atoms with Crippen LogP contribution in [0.25, 0.3) is 10.1 Å². The van der Waals surface area contributed by atoms with Crippen molar-refractivity contribution in [1.29, 1.82) is 0 Å². The number of hydrogen-bond donors (Lipinski definition) is 2. The van der Waals surface area contributed by atoms with E-state index in [1.165, 1.54) is 23.5 Å². The zero-order valence-electron chi connectivity index (χ0n) is 9.90. The maximum Gasteiger partial charge on any atom is 0.268 e. The van der Waals surface area contributed by atoms with E-state index in [4.69, 9.17) is 0 Å². The molecule has 0 bridgehead atoms. The summed E-state index contributed by atoms with van der Waals surface area (Å²) in [5, 5.41) is 9.75. The number of aromatic nitrogens is 3. The Morgan fingerprint density at radius 3 is 3.00 bits per heavy atom. The van der Waals surface area contributed by atoms with Gasteiger partial charge in [0, 0.05) is 4.70 Å². The van der Waals surface area contributed by atoms with Crippen LogP contribution in [0.5, 0.6) is 0 Å². The van der Waals surface area contributed by atoms with E-state index >= 15 is 0 Å². The maximum atomic E-state index is 13.1. The predicted octanol–water partition coefficient (Wildman–Crippen LogP) is 2.72. The Balaban J connectivity index is 1.89. The molecule has 0 saturated carbocycles. The summed E-state index contributed by atoms with van der Waals surface area (Å²) in [6.45, 7) is 1.74. The molecule has 0 spiro atoms. The lowest BCUT2D eigenvalue weighted by molar-refractivity contribution is 0.103. The smallest absolute Gasteiger partial charge is 0.268 e. The summed E-state index contributed by atoms with van der Waals surface area (Å²) in [4.78, 5) is 16.5. The van der Waals surface area contributed by atoms with Gasteiger partial charge in [-0.25, -0.2) is 4.39 Å². The number of hydrogen-bond acceptors (Lipinski definition) is 4. The number of nitrogens with one attached hydrogen (secondary N) is 2. The molecular formula is C12H9FN4OS. The van der Waals surface area contributed by atoms with Crippen LogP contribution in [0.1, 0.15) is 15.5 Å². The molecule has 3 rings (SSSR count). The van der Waals surface area contributed by atoms with Gasteiger partial charge in [-0.15, -0.1) is 16.4 Å². The van der Waals surface area contributed by atoms with Crippen molar-refractivity contribution in [2.75, 3.05) is 5.32 Å². The first-order chi connectivity index (χ1) is 9.11. The number of rotatable bonds is 2. The van der Waals surface area contributed by atoms with Crippen LogP contribution >= 0.6 is 11.3 Å². The Kier molecular flexibility index (Phi) is 2.75. The molecule has 0 aliphatic carbocycles. The molecule has 0 saturated heterocycles. The number of fused-ring (bicyclic) bond motifs is 1. The Hall–Kier alpha value is -2.28. The summed E-state index contributed by atoms with van der Waals surface area (Å²) in [5.41, 5.74) is 0. The number of amides is 1. The maximum absolute atomic E-state index is 13.1. The van der Waals surface area contributed by atoms with Crippen molar-refractivity contribution >= 4 is 33.3 Å². The van der Waals surface area contributed by atoms with Gasteiger partial charge in [0.05, 0.1) is 4.88 Å². The molecule has 7 heteroatoms. The Morgan fingerprint density at radius 2 is 2.26 bits per heavy atom. The summed E-state index contributed by atoms with van der Waals surface area (Å²) in [6, 6.07) is 6.08. The first kappa shape index (κ1) is 11.8. The normalized spacial score (nSPS) is 10.8. The fourth-order valence-electron chi connectivity index (χ4n) is 1.69. The number of H-pyrrole nitrogens is 1. The second-order valence-electron chi connectivity index (χ2n) is 3.99. The molecule has 0 atom stereocenters. The van der Waals surface area contributed by atoms with Gasteiger partial charge >= 0.3 is 0 Å². The number of halogens is 1. The average Bonchev–Trinajstić information content (AvgIpc) is 2.95. The highest BCUT2D eigenvalue weighted by atomic mass is 32.1. The standard InChI is InChI=1S/C12H9FN4OS/c1-6-14-12(17-16-6)15-11(18)10-5-7-4-8(13)2-3-9(7)19-10/h2-5H,1H3,(H2,14,15,16,17,18). The number of carbonyl (C=O) groups excluding carboxylic acids is 1. The molecule has 2 N–H and O–H groups in total. The molecule has 96 valence electrons. The first-order valence-electron chi connectivity index (χ1n) is 5.51. The zero-order chi connectivity index (χ0) is 13.4. The van der Waals surface area contributed by atoms with Gasteiger partial charge < -0.3 is 0 Å². The molecule has 5 nitrogen and oxygen atoms in total. The highest BCUT2D eigenvalue weighted by molar-refractivity contribution is 7.20. The molecule has 3 aromatic rings. The van der Waals surface area contributed by atoms with Crippen LogP contribution in [0.15, 0.2) is 24.3 Å². The summed E-state index contributed by atoms with van der Waals surface area (Å²) >= 11 is 1.30. The number of nitrogens with zero attached hydrogens (tertiary/aromatic N) is 2. The van der Waals surface area contributed by atoms with Gasteiger partial charge in [-0.1, -0.05) is 0 Å². The molecule has 0 fully saturated rings. The topological polar surface area (TPSA) is 70.7 Å². The van der Waals surface area contributed by atoms with E-state index in [1.54, 1.807) is 19.1 Å². The molecule has 2 heterocycles. The van der Waals surface area contributed by atoms with Crippen LogP contribution in [0.3, 0.4) is 0 Å². The van der Waals surface area contributed by atoms with E-state index in [-0.39, 0.29) is 17.7 Å². The van der Waals surface area contributed by atoms with Gasteiger partial charge in [0.15, 0.2) is 0 Å². The number of thiophene rings is 1. The van der Waals surface area contributed by atoms with Crippen LogP contribution in [0.4, 0.5) is 10.3 Å². The number of aromatic amines is 1. The third-order valence-corrected chi connectivity index (χ3v) is 3.64. The minimum absolute atomic E-state index is 0.228. The molecule has 19 heavy (non-hydrogen) atoms. The Bertz CT molecular complexity index is 764. The predicted molar refractivity (Wildman–Crippen MR) is 70.9 cm³/mol. The highest BCUT2D eigenvalue weighted by Gasteiger charge is 2.12. The third kappa shape index (κ3) is 2.32. The molecule has 0 unspecified atom stereocenters. The van der Waals surface area contributed by atoms with Crippen LogP contribution in [0.2, 0.25) is 0 Å². The number of aryl methyl sites for hydroxylation is 1. The van der Waals surface area contributed by atoms with Crippen molar-refractivity contribution < 1.29 is 9.18 Å². The lowest BCUT2D eigenvalue weighted by Crippen LogP contribution is -2.11. The Labute approximate surface area is 111 Å². The first-order valence-corrected chi connectivity index (χ1v) is 6.33. The van der Waals surface area contributed by atoms with Gasteiger partial charge in [-0.05, 0) is 36.6 Å². The van der Waals surface area contributed by atoms with Crippen molar-refractivity contribution in [3.63, 3.8) is 0 Å². The van der Waals surface area contributed by atoms with Crippen LogP contribution in [-0.4, -0.2) is 21.1 Å². The monoisotopic (exact) mass is 276 g/mol. The molecule has 0 radical (unpaired) electrons. The minimum Gasteiger partial charge on any atom is -0.288 e. The van der Waals surface area contributed by atoms with Gasteiger partial charge in [0.25, 0.3) is 5.91 Å². The van der Waals surface area contributed by atoms with Crippen molar-refractivity contribution in [1.82, 2.24) is 15.2 Å². The van der Waals surface area contributed by atoms with Gasteiger partial charge in [-0.3, -0.25) is 15.2 Å². The second kappa shape index (κ2) is 4.43. The summed E-state index contributed by atoms with van der Waals surface area (Å²) < 4.78 is 13.9. The van der Waals surface area contributed by atoms with E-state index in [0.29, 0.717) is 16.1 Å². The van der Waals surface area contributed by atoms with E-state index in [1.807, 2.05) is 0 Å². The van der Waals surface area contributed by atoms with E-state index in [2.05, 4.69) is 20.5 Å². The number of anilines is 1. The number of carbonyl (C=O) groups is 1. The zero-order valence-corrected chi connectivity index (χ0v) is 10.7. The van der Waals surface area contributed by atoms with Crippen LogP contribution in [-0.2, 0) is 0 Å². The van der Waals surface area contributed by atoms with Gasteiger partial charge in [0.2, 0.25) is 5.95 Å². The molecule has 0 aliphatic rings. The quantitative estimate of drug-likeness (QED) is 0.756. The van der Waals surface area contributed by atoms with Crippen LogP contribution in [0, 0.1) is 12.7 Å². The lowest BCUT2D eigenvalue weighted by atomic mass is 10.2. The fraction of sp³-hybridized carbons (Fsp3) is 0.0833. The molecule has 1 aromatic carbocycles. The van der Waals surface area contributed by atoms with E-state index in [0.717, 1.165) is 4.70 Å². The van der Waals surface area contributed by atoms with Crippen molar-refractivity contribution in [3.05, 3.63) is 40.8 Å². The van der Waals surface area contributed by atoms with Gasteiger partial charge in [0.1, 0.15) is 11.6 Å². The second-order valence-corrected chi connectivity index (χ2v) is 5.08. The molecule has 0 aliphatic heterocycles. The van der Waals surface area contributed by atoms with Crippen molar-refractivity contribution in [2.45, 2.75) is 6.92 Å². The van der Waals surface area contributed by atoms with Crippen molar-refractivity contribution in [3.8, 4) is 0 Å². The molecule has 2 aromatic heterocycles. The van der Waals surface area contributed by atoms with Gasteiger partial charge in [-0.2, -0.15) is 4.98 Å². The fourth-order valence-corrected chi connectivity index (χ4v) is 2.63. The summed E-state index contributed by atoms with van der Waals surface area (Å²) in [5.74, 6) is 0.224. The summed E-state index contributed by atoms with van der Waals surface area (Å²) in [6.07, 6.45) is 0. The molecular weight excluding hydrogens is 267 g/mol. The van der Waals surface area contributed by atoms with E-state index < -0.39 is 0 Å². The van der Waals surface area contributed by atoms with Crippen LogP contribution < -0.4 is 5.32 Å². The summed E-state index contributed by atoms with van der Waals surface area (Å²) in [7, 11) is 0. The van der Waals surface area contributed by atoms with Crippen molar-refractivity contribution in [2.24, 2.45) is 0 Å². The SMILES string of the molecule is Cc1nc(NC(=O)c2cc3cc(F)ccc3s2)n[nH]1. The highest BCUT2D eigenvalue weighted by Crippen LogP contribution is 2.26. The number of benzene rings is 1. The average molecular weight is 276 g/mol. The Morgan fingerprint density at radius 1 is 1.42 bits per heavy atom. The largest absolute Gasteiger partial charge is 0.288 e.